The van der Waals surface area contributed by atoms with Crippen LogP contribution in [-0.4, -0.2) is 36.2 Å². The molecule has 1 amide bonds. The van der Waals surface area contributed by atoms with Crippen molar-refractivity contribution < 1.29 is 24.2 Å². The predicted octanol–water partition coefficient (Wildman–Crippen LogP) is 2.08. The molecule has 0 aromatic heterocycles. The van der Waals surface area contributed by atoms with E-state index in [4.69, 9.17) is 9.47 Å². The summed E-state index contributed by atoms with van der Waals surface area (Å²) in [5.41, 5.74) is 0.360. The largest absolute Gasteiger partial charge is 0.490 e. The zero-order valence-corrected chi connectivity index (χ0v) is 12.8. The number of benzene rings is 1. The predicted molar refractivity (Wildman–Crippen MR) is 80.4 cm³/mol. The average molecular weight is 307 g/mol. The normalized spacial score (nSPS) is 15.0. The molecule has 0 fully saturated rings. The van der Waals surface area contributed by atoms with E-state index in [1.807, 2.05) is 13.8 Å². The monoisotopic (exact) mass is 307 g/mol. The number of rotatable bonds is 5. The lowest BCUT2D eigenvalue weighted by molar-refractivity contribution is -0.139. The van der Waals surface area contributed by atoms with Gasteiger partial charge in [0.1, 0.15) is 6.04 Å². The topological polar surface area (TPSA) is 84.9 Å². The van der Waals surface area contributed by atoms with Crippen molar-refractivity contribution in [3.8, 4) is 11.5 Å². The van der Waals surface area contributed by atoms with Crippen LogP contribution in [-0.2, 0) is 4.79 Å². The van der Waals surface area contributed by atoms with Crippen LogP contribution in [0.1, 0.15) is 37.0 Å². The Balaban J connectivity index is 2.11. The summed E-state index contributed by atoms with van der Waals surface area (Å²) in [5.74, 6) is -0.169. The van der Waals surface area contributed by atoms with Crippen molar-refractivity contribution >= 4 is 11.9 Å². The lowest BCUT2D eigenvalue weighted by Crippen LogP contribution is -2.41. The van der Waals surface area contributed by atoms with Gasteiger partial charge in [0, 0.05) is 12.0 Å². The van der Waals surface area contributed by atoms with Crippen molar-refractivity contribution in [1.29, 1.82) is 0 Å². The number of hydrogen-bond donors (Lipinski definition) is 2. The molecule has 1 aliphatic heterocycles. The summed E-state index contributed by atoms with van der Waals surface area (Å²) < 4.78 is 11.0. The summed E-state index contributed by atoms with van der Waals surface area (Å²) in [6, 6.07) is 3.97. The Morgan fingerprint density at radius 1 is 1.23 bits per heavy atom. The fraction of sp³-hybridized carbons (Fsp3) is 0.500. The Kier molecular flexibility index (Phi) is 5.25. The van der Waals surface area contributed by atoms with Crippen LogP contribution in [0.2, 0.25) is 0 Å². The zero-order valence-electron chi connectivity index (χ0n) is 12.8. The van der Waals surface area contributed by atoms with E-state index >= 15 is 0 Å². The van der Waals surface area contributed by atoms with E-state index in [1.165, 1.54) is 0 Å². The van der Waals surface area contributed by atoms with E-state index in [1.54, 1.807) is 18.2 Å². The highest BCUT2D eigenvalue weighted by Crippen LogP contribution is 2.30. The number of hydrogen-bond acceptors (Lipinski definition) is 4. The van der Waals surface area contributed by atoms with Crippen LogP contribution in [0.5, 0.6) is 11.5 Å². The van der Waals surface area contributed by atoms with E-state index in [0.717, 1.165) is 6.42 Å². The number of carboxylic acid groups (broad SMARTS) is 1. The van der Waals surface area contributed by atoms with Crippen LogP contribution in [0, 0.1) is 5.92 Å². The molecule has 0 spiro atoms. The number of carboxylic acids is 1. The summed E-state index contributed by atoms with van der Waals surface area (Å²) in [4.78, 5) is 23.5. The molecule has 0 saturated carbocycles. The summed E-state index contributed by atoms with van der Waals surface area (Å²) >= 11 is 0. The number of amides is 1. The van der Waals surface area contributed by atoms with Crippen LogP contribution < -0.4 is 14.8 Å². The zero-order chi connectivity index (χ0) is 16.1. The lowest BCUT2D eigenvalue weighted by atomic mass is 10.0. The molecular formula is C16H21NO5. The minimum atomic E-state index is -1.03. The van der Waals surface area contributed by atoms with Crippen LogP contribution in [0.4, 0.5) is 0 Å². The smallest absolute Gasteiger partial charge is 0.326 e. The van der Waals surface area contributed by atoms with Crippen LogP contribution >= 0.6 is 0 Å². The standard InChI is InChI=1S/C16H21NO5/c1-10(2)8-12(16(19)20)17-15(18)11-4-5-13-14(9-11)22-7-3-6-21-13/h4-5,9-10,12H,3,6-8H2,1-2H3,(H,17,18)(H,19,20)/t12-/m1/s1. The number of carbonyl (C=O) groups excluding carboxylic acids is 1. The maximum atomic E-state index is 12.2. The van der Waals surface area contributed by atoms with Gasteiger partial charge < -0.3 is 19.9 Å². The molecule has 2 N–H and O–H groups in total. The van der Waals surface area contributed by atoms with Gasteiger partial charge in [-0.15, -0.1) is 0 Å². The Morgan fingerprint density at radius 2 is 1.91 bits per heavy atom. The van der Waals surface area contributed by atoms with Gasteiger partial charge in [-0.1, -0.05) is 13.8 Å². The van der Waals surface area contributed by atoms with Crippen molar-refractivity contribution in [2.75, 3.05) is 13.2 Å². The maximum Gasteiger partial charge on any atom is 0.326 e. The molecule has 1 atom stereocenters. The van der Waals surface area contributed by atoms with Gasteiger partial charge in [-0.25, -0.2) is 4.79 Å². The first kappa shape index (κ1) is 16.1. The second-order valence-electron chi connectivity index (χ2n) is 5.71. The van der Waals surface area contributed by atoms with Gasteiger partial charge in [0.15, 0.2) is 11.5 Å². The van der Waals surface area contributed by atoms with Crippen molar-refractivity contribution in [3.05, 3.63) is 23.8 Å². The molecule has 0 radical (unpaired) electrons. The number of ether oxygens (including phenoxy) is 2. The third kappa shape index (κ3) is 4.13. The van der Waals surface area contributed by atoms with E-state index in [0.29, 0.717) is 36.7 Å². The van der Waals surface area contributed by atoms with Gasteiger partial charge in [0.05, 0.1) is 13.2 Å². The van der Waals surface area contributed by atoms with Crippen molar-refractivity contribution in [3.63, 3.8) is 0 Å². The molecule has 1 aliphatic rings. The summed E-state index contributed by atoms with van der Waals surface area (Å²) in [6.07, 6.45) is 1.16. The van der Waals surface area contributed by atoms with E-state index in [9.17, 15) is 14.7 Å². The molecule has 1 heterocycles. The van der Waals surface area contributed by atoms with Gasteiger partial charge in [-0.2, -0.15) is 0 Å². The molecular weight excluding hydrogens is 286 g/mol. The Morgan fingerprint density at radius 3 is 2.55 bits per heavy atom. The maximum absolute atomic E-state index is 12.2. The Labute approximate surface area is 129 Å². The molecule has 22 heavy (non-hydrogen) atoms. The lowest BCUT2D eigenvalue weighted by Gasteiger charge is -2.17. The number of carbonyl (C=O) groups is 2. The number of nitrogens with one attached hydrogen (secondary N) is 1. The third-order valence-corrected chi connectivity index (χ3v) is 3.32. The molecule has 6 nitrogen and oxygen atoms in total. The molecule has 2 rings (SSSR count). The molecule has 0 bridgehead atoms. The van der Waals surface area contributed by atoms with Gasteiger partial charge in [0.25, 0.3) is 5.91 Å². The van der Waals surface area contributed by atoms with Crippen LogP contribution in [0.15, 0.2) is 18.2 Å². The SMILES string of the molecule is CC(C)C[C@@H](NC(=O)c1ccc2c(c1)OCCCO2)C(=O)O. The van der Waals surface area contributed by atoms with E-state index < -0.39 is 17.9 Å². The quantitative estimate of drug-likeness (QED) is 0.870. The van der Waals surface area contributed by atoms with Gasteiger partial charge in [-0.3, -0.25) is 4.79 Å². The van der Waals surface area contributed by atoms with Crippen molar-refractivity contribution in [2.45, 2.75) is 32.7 Å². The summed E-state index contributed by atoms with van der Waals surface area (Å²) in [7, 11) is 0. The first-order valence-corrected chi connectivity index (χ1v) is 7.40. The Bertz CT molecular complexity index is 555. The van der Waals surface area contributed by atoms with Crippen molar-refractivity contribution in [2.24, 2.45) is 5.92 Å². The second kappa shape index (κ2) is 7.15. The second-order valence-corrected chi connectivity index (χ2v) is 5.71. The molecule has 0 unspecified atom stereocenters. The number of aliphatic carboxylic acids is 1. The summed E-state index contributed by atoms with van der Waals surface area (Å²) in [5, 5.41) is 11.7. The van der Waals surface area contributed by atoms with E-state index in [2.05, 4.69) is 5.32 Å². The fourth-order valence-electron chi connectivity index (χ4n) is 2.24. The minimum absolute atomic E-state index is 0.171. The van der Waals surface area contributed by atoms with Crippen molar-refractivity contribution in [1.82, 2.24) is 5.32 Å². The highest BCUT2D eigenvalue weighted by molar-refractivity contribution is 5.97. The third-order valence-electron chi connectivity index (χ3n) is 3.32. The average Bonchev–Trinajstić information content (AvgIpc) is 2.70. The van der Waals surface area contributed by atoms with E-state index in [-0.39, 0.29) is 5.92 Å². The first-order valence-electron chi connectivity index (χ1n) is 7.40. The molecule has 1 aromatic rings. The van der Waals surface area contributed by atoms with Gasteiger partial charge >= 0.3 is 5.97 Å². The molecule has 0 saturated heterocycles. The molecule has 0 aliphatic carbocycles. The molecule has 120 valence electrons. The van der Waals surface area contributed by atoms with Crippen LogP contribution in [0.25, 0.3) is 0 Å². The number of fused-ring (bicyclic) bond motifs is 1. The molecule has 6 heteroatoms. The first-order chi connectivity index (χ1) is 10.5. The highest BCUT2D eigenvalue weighted by atomic mass is 16.5. The highest BCUT2D eigenvalue weighted by Gasteiger charge is 2.22. The summed E-state index contributed by atoms with van der Waals surface area (Å²) in [6.45, 7) is 4.93. The van der Waals surface area contributed by atoms with Crippen LogP contribution in [0.3, 0.4) is 0 Å². The minimum Gasteiger partial charge on any atom is -0.490 e. The van der Waals surface area contributed by atoms with Gasteiger partial charge in [0.2, 0.25) is 0 Å². The molecule has 1 aromatic carbocycles. The van der Waals surface area contributed by atoms with Gasteiger partial charge in [-0.05, 0) is 30.5 Å². The Hall–Kier alpha value is -2.24. The fourth-order valence-corrected chi connectivity index (χ4v) is 2.24.